The summed E-state index contributed by atoms with van der Waals surface area (Å²) in [6.45, 7) is 5.77. The van der Waals surface area contributed by atoms with Crippen LogP contribution in [0.5, 0.6) is 0 Å². The molecule has 2 aromatic rings. The monoisotopic (exact) mass is 462 g/mol. The minimum absolute atomic E-state index is 0.0201. The largest absolute Gasteiger partial charge is 0.360 e. The van der Waals surface area contributed by atoms with Crippen LogP contribution in [0, 0.1) is 13.8 Å². The van der Waals surface area contributed by atoms with Gasteiger partial charge in [-0.1, -0.05) is 48.7 Å². The topological polar surface area (TPSA) is 105 Å². The molecule has 1 heterocycles. The Morgan fingerprint density at radius 1 is 1.19 bits per heavy atom. The van der Waals surface area contributed by atoms with Gasteiger partial charge in [0.2, 0.25) is 15.9 Å². The van der Waals surface area contributed by atoms with Crippen molar-refractivity contribution in [2.24, 2.45) is 0 Å². The summed E-state index contributed by atoms with van der Waals surface area (Å²) < 4.78 is 32.7. The number of hydrogen-bond donors (Lipinski definition) is 2. The van der Waals surface area contributed by atoms with Gasteiger partial charge in [0.15, 0.2) is 5.76 Å². The van der Waals surface area contributed by atoms with E-state index in [-0.39, 0.29) is 16.3 Å². The zero-order valence-electron chi connectivity index (χ0n) is 19.3. The van der Waals surface area contributed by atoms with E-state index >= 15 is 0 Å². The zero-order chi connectivity index (χ0) is 23.3. The predicted molar refractivity (Wildman–Crippen MR) is 122 cm³/mol. The highest BCUT2D eigenvalue weighted by Gasteiger charge is 2.28. The summed E-state index contributed by atoms with van der Waals surface area (Å²) in [5.41, 5.74) is 2.47. The van der Waals surface area contributed by atoms with Crippen molar-refractivity contribution in [3.05, 3.63) is 46.8 Å². The maximum atomic E-state index is 12.7. The van der Waals surface area contributed by atoms with Crippen LogP contribution in [0.3, 0.4) is 0 Å². The van der Waals surface area contributed by atoms with Crippen LogP contribution in [0.25, 0.3) is 0 Å². The second kappa shape index (κ2) is 10.6. The van der Waals surface area contributed by atoms with E-state index in [1.165, 1.54) is 51.5 Å². The molecule has 32 heavy (non-hydrogen) atoms. The normalized spacial score (nSPS) is 16.3. The molecule has 1 saturated carbocycles. The van der Waals surface area contributed by atoms with Crippen molar-refractivity contribution in [1.82, 2.24) is 20.1 Å². The molecule has 176 valence electrons. The summed E-state index contributed by atoms with van der Waals surface area (Å²) >= 11 is 0. The van der Waals surface area contributed by atoms with Gasteiger partial charge in [0.05, 0.1) is 6.04 Å². The van der Waals surface area contributed by atoms with Gasteiger partial charge in [-0.15, -0.1) is 0 Å². The lowest BCUT2D eigenvalue weighted by Gasteiger charge is -2.31. The standard InChI is InChI=1S/C23H34N4O4S/c1-16-22(18(3)31-25-16)32(29,30)26-17(2)23(28)24-14-19-10-8-9-11-20(19)15-27(4)21-12-6-5-7-13-21/h8-11,17,21,26H,5-7,12-15H2,1-4H3,(H,24,28)/t17-/m0/s1. The number of aromatic nitrogens is 1. The number of carbonyl (C=O) groups excluding carboxylic acids is 1. The molecule has 1 aromatic carbocycles. The van der Waals surface area contributed by atoms with Crippen LogP contribution in [-0.4, -0.2) is 43.5 Å². The van der Waals surface area contributed by atoms with E-state index in [9.17, 15) is 13.2 Å². The third-order valence-corrected chi connectivity index (χ3v) is 7.94. The van der Waals surface area contributed by atoms with Gasteiger partial charge in [-0.05, 0) is 51.8 Å². The van der Waals surface area contributed by atoms with E-state index in [4.69, 9.17) is 4.52 Å². The Kier molecular flexibility index (Phi) is 8.08. The number of aryl methyl sites for hydroxylation is 2. The molecule has 0 saturated heterocycles. The molecule has 1 aliphatic carbocycles. The van der Waals surface area contributed by atoms with E-state index < -0.39 is 22.0 Å². The van der Waals surface area contributed by atoms with E-state index in [0.717, 1.165) is 12.1 Å². The quantitative estimate of drug-likeness (QED) is 0.594. The van der Waals surface area contributed by atoms with E-state index in [2.05, 4.69) is 33.2 Å². The molecule has 3 rings (SSSR count). The Bertz CT molecular complexity index is 1010. The lowest BCUT2D eigenvalue weighted by Crippen LogP contribution is -2.44. The van der Waals surface area contributed by atoms with Crippen molar-refractivity contribution in [2.45, 2.75) is 82.9 Å². The first kappa shape index (κ1) is 24.4. The van der Waals surface area contributed by atoms with Gasteiger partial charge in [-0.2, -0.15) is 4.72 Å². The summed E-state index contributed by atoms with van der Waals surface area (Å²) in [6, 6.07) is 7.72. The van der Waals surface area contributed by atoms with E-state index in [1.54, 1.807) is 6.92 Å². The van der Waals surface area contributed by atoms with E-state index in [1.807, 2.05) is 18.2 Å². The molecule has 0 radical (unpaired) electrons. The van der Waals surface area contributed by atoms with Gasteiger partial charge in [-0.3, -0.25) is 9.69 Å². The predicted octanol–water partition coefficient (Wildman–Crippen LogP) is 3.04. The van der Waals surface area contributed by atoms with Crippen molar-refractivity contribution in [1.29, 1.82) is 0 Å². The minimum Gasteiger partial charge on any atom is -0.360 e. The van der Waals surface area contributed by atoms with Crippen LogP contribution in [0.1, 0.15) is 61.6 Å². The maximum Gasteiger partial charge on any atom is 0.246 e. The van der Waals surface area contributed by atoms with Crippen LogP contribution in [0.15, 0.2) is 33.7 Å². The third-order valence-electron chi connectivity index (χ3n) is 6.15. The highest BCUT2D eigenvalue weighted by atomic mass is 32.2. The SMILES string of the molecule is Cc1noc(C)c1S(=O)(=O)N[C@@H](C)C(=O)NCc1ccccc1CN(C)C1CCCCC1. The van der Waals surface area contributed by atoms with Gasteiger partial charge < -0.3 is 9.84 Å². The summed E-state index contributed by atoms with van der Waals surface area (Å²) in [4.78, 5) is 15.0. The van der Waals surface area contributed by atoms with Crippen LogP contribution < -0.4 is 10.0 Å². The molecule has 0 bridgehead atoms. The first-order chi connectivity index (χ1) is 15.2. The van der Waals surface area contributed by atoms with Crippen LogP contribution in [0.4, 0.5) is 0 Å². The number of nitrogens with zero attached hydrogens (tertiary/aromatic N) is 2. The molecule has 1 aliphatic rings. The first-order valence-corrected chi connectivity index (χ1v) is 12.7. The lowest BCUT2D eigenvalue weighted by molar-refractivity contribution is -0.122. The molecule has 9 heteroatoms. The van der Waals surface area contributed by atoms with Crippen molar-refractivity contribution in [2.75, 3.05) is 7.05 Å². The Morgan fingerprint density at radius 2 is 1.84 bits per heavy atom. The second-order valence-corrected chi connectivity index (χ2v) is 10.3. The molecule has 1 fully saturated rings. The van der Waals surface area contributed by atoms with Gasteiger partial charge in [0.1, 0.15) is 10.6 Å². The molecular weight excluding hydrogens is 428 g/mol. The van der Waals surface area contributed by atoms with Crippen molar-refractivity contribution >= 4 is 15.9 Å². The summed E-state index contributed by atoms with van der Waals surface area (Å²) in [7, 11) is -1.75. The third kappa shape index (κ3) is 5.96. The van der Waals surface area contributed by atoms with E-state index in [0.29, 0.717) is 12.6 Å². The summed E-state index contributed by atoms with van der Waals surface area (Å²) in [5, 5.41) is 6.54. The second-order valence-electron chi connectivity index (χ2n) is 8.69. The Labute approximate surface area is 190 Å². The molecule has 8 nitrogen and oxygen atoms in total. The van der Waals surface area contributed by atoms with Crippen LogP contribution in [0.2, 0.25) is 0 Å². The zero-order valence-corrected chi connectivity index (χ0v) is 20.2. The number of nitrogens with one attached hydrogen (secondary N) is 2. The molecule has 0 unspecified atom stereocenters. The van der Waals surface area contributed by atoms with Crippen molar-refractivity contribution in [3.8, 4) is 0 Å². The van der Waals surface area contributed by atoms with Crippen molar-refractivity contribution < 1.29 is 17.7 Å². The Balaban J connectivity index is 1.60. The average Bonchev–Trinajstić information content (AvgIpc) is 3.12. The molecule has 0 spiro atoms. The van der Waals surface area contributed by atoms with Crippen LogP contribution in [-0.2, 0) is 27.9 Å². The minimum atomic E-state index is -3.92. The Hall–Kier alpha value is -2.23. The maximum absolute atomic E-state index is 12.7. The van der Waals surface area contributed by atoms with Crippen LogP contribution >= 0.6 is 0 Å². The van der Waals surface area contributed by atoms with Gasteiger partial charge >= 0.3 is 0 Å². The number of amides is 1. The number of hydrogen-bond acceptors (Lipinski definition) is 6. The first-order valence-electron chi connectivity index (χ1n) is 11.2. The lowest BCUT2D eigenvalue weighted by atomic mass is 9.94. The molecule has 2 N–H and O–H groups in total. The highest BCUT2D eigenvalue weighted by molar-refractivity contribution is 7.89. The molecule has 1 amide bonds. The smallest absolute Gasteiger partial charge is 0.246 e. The number of benzene rings is 1. The highest BCUT2D eigenvalue weighted by Crippen LogP contribution is 2.24. The van der Waals surface area contributed by atoms with Crippen molar-refractivity contribution in [3.63, 3.8) is 0 Å². The summed E-state index contributed by atoms with van der Waals surface area (Å²) in [5.74, 6) is -0.200. The molecular formula is C23H34N4O4S. The fourth-order valence-electron chi connectivity index (χ4n) is 4.34. The average molecular weight is 463 g/mol. The molecule has 1 atom stereocenters. The molecule has 1 aromatic heterocycles. The molecule has 0 aliphatic heterocycles. The number of carbonyl (C=O) groups is 1. The van der Waals surface area contributed by atoms with Gasteiger partial charge in [-0.25, -0.2) is 8.42 Å². The fraction of sp³-hybridized carbons (Fsp3) is 0.565. The number of sulfonamides is 1. The summed E-state index contributed by atoms with van der Waals surface area (Å²) in [6.07, 6.45) is 6.37. The fourth-order valence-corrected chi connectivity index (χ4v) is 5.87. The van der Waals surface area contributed by atoms with Gasteiger partial charge in [0, 0.05) is 19.1 Å². The van der Waals surface area contributed by atoms with Gasteiger partial charge in [0.25, 0.3) is 0 Å². The Morgan fingerprint density at radius 3 is 2.47 bits per heavy atom. The number of rotatable bonds is 9.